The molecule has 0 saturated carbocycles. The fourth-order valence-electron chi connectivity index (χ4n) is 2.77. The first-order chi connectivity index (χ1) is 11.3. The molecule has 1 aromatic rings. The molecule has 1 aliphatic heterocycles. The molecule has 0 saturated heterocycles. The van der Waals surface area contributed by atoms with Crippen LogP contribution in [0.3, 0.4) is 0 Å². The van der Waals surface area contributed by atoms with Gasteiger partial charge in [-0.25, -0.2) is 8.42 Å². The molecule has 0 spiro atoms. The summed E-state index contributed by atoms with van der Waals surface area (Å²) in [7, 11) is -3.93. The van der Waals surface area contributed by atoms with Gasteiger partial charge in [-0.2, -0.15) is 4.72 Å². The summed E-state index contributed by atoms with van der Waals surface area (Å²) >= 11 is 0. The Labute approximate surface area is 141 Å². The van der Waals surface area contributed by atoms with Crippen molar-refractivity contribution in [3.8, 4) is 0 Å². The number of nitrogens with one attached hydrogen (secondary N) is 1. The molecular formula is C16H22N2O5S. The number of fused-ring (bicyclic) bond motifs is 1. The summed E-state index contributed by atoms with van der Waals surface area (Å²) in [6, 6.07) is 3.37. The van der Waals surface area contributed by atoms with Crippen molar-refractivity contribution in [2.24, 2.45) is 0 Å². The molecule has 2 N–H and O–H groups in total. The van der Waals surface area contributed by atoms with Crippen LogP contribution in [0.25, 0.3) is 0 Å². The maximum Gasteiger partial charge on any atom is 0.321 e. The minimum Gasteiger partial charge on any atom is -0.480 e. The largest absolute Gasteiger partial charge is 0.480 e. The van der Waals surface area contributed by atoms with Gasteiger partial charge in [-0.3, -0.25) is 9.59 Å². The lowest BCUT2D eigenvalue weighted by Crippen LogP contribution is -2.40. The van der Waals surface area contributed by atoms with Crippen LogP contribution in [0.1, 0.15) is 38.7 Å². The second-order valence-corrected chi connectivity index (χ2v) is 7.58. The molecule has 7 nitrogen and oxygen atoms in total. The first-order valence-electron chi connectivity index (χ1n) is 7.92. The topological polar surface area (TPSA) is 104 Å². The number of carboxylic acids is 1. The van der Waals surface area contributed by atoms with Gasteiger partial charge in [0.2, 0.25) is 15.9 Å². The van der Waals surface area contributed by atoms with Gasteiger partial charge < -0.3 is 10.0 Å². The van der Waals surface area contributed by atoms with Crippen LogP contribution in [0.4, 0.5) is 5.69 Å². The van der Waals surface area contributed by atoms with Crippen LogP contribution in [0, 0.1) is 0 Å². The van der Waals surface area contributed by atoms with Crippen LogP contribution in [0.2, 0.25) is 0 Å². The van der Waals surface area contributed by atoms with Gasteiger partial charge in [-0.1, -0.05) is 19.8 Å². The van der Waals surface area contributed by atoms with Crippen molar-refractivity contribution in [3.63, 3.8) is 0 Å². The molecule has 132 valence electrons. The van der Waals surface area contributed by atoms with Crippen LogP contribution >= 0.6 is 0 Å². The van der Waals surface area contributed by atoms with Crippen molar-refractivity contribution in [1.82, 2.24) is 4.72 Å². The first kappa shape index (κ1) is 18.4. The van der Waals surface area contributed by atoms with Gasteiger partial charge in [0.25, 0.3) is 0 Å². The molecule has 1 aromatic carbocycles. The average molecular weight is 354 g/mol. The molecule has 1 aliphatic rings. The summed E-state index contributed by atoms with van der Waals surface area (Å²) < 4.78 is 27.2. The Hall–Kier alpha value is -1.93. The molecule has 8 heteroatoms. The third kappa shape index (κ3) is 3.93. The highest BCUT2D eigenvalue weighted by molar-refractivity contribution is 7.89. The summed E-state index contributed by atoms with van der Waals surface area (Å²) in [5.74, 6) is -1.27. The summed E-state index contributed by atoms with van der Waals surface area (Å²) in [4.78, 5) is 24.4. The Kier molecular flexibility index (Phi) is 5.61. The highest BCUT2D eigenvalue weighted by atomic mass is 32.2. The maximum atomic E-state index is 12.5. The number of rotatable bonds is 7. The van der Waals surface area contributed by atoms with Gasteiger partial charge in [-0.15, -0.1) is 0 Å². The lowest BCUT2D eigenvalue weighted by atomic mass is 10.1. The van der Waals surface area contributed by atoms with Crippen LogP contribution in [0.5, 0.6) is 0 Å². The zero-order valence-electron chi connectivity index (χ0n) is 13.8. The van der Waals surface area contributed by atoms with Gasteiger partial charge in [-0.05, 0) is 36.6 Å². The molecule has 1 unspecified atom stereocenters. The van der Waals surface area contributed by atoms with Gasteiger partial charge in [0.1, 0.15) is 6.04 Å². The van der Waals surface area contributed by atoms with Gasteiger partial charge in [0.05, 0.1) is 4.90 Å². The van der Waals surface area contributed by atoms with E-state index in [2.05, 4.69) is 4.72 Å². The smallest absolute Gasteiger partial charge is 0.321 e. The van der Waals surface area contributed by atoms with Gasteiger partial charge in [0.15, 0.2) is 0 Å². The van der Waals surface area contributed by atoms with E-state index in [0.29, 0.717) is 25.1 Å². The number of nitrogens with zero attached hydrogens (tertiary/aromatic N) is 1. The van der Waals surface area contributed by atoms with Crippen molar-refractivity contribution in [1.29, 1.82) is 0 Å². The zero-order valence-corrected chi connectivity index (χ0v) is 14.6. The number of amides is 1. The predicted octanol–water partition coefficient (Wildman–Crippen LogP) is 1.52. The third-order valence-electron chi connectivity index (χ3n) is 4.08. The van der Waals surface area contributed by atoms with E-state index >= 15 is 0 Å². The quantitative estimate of drug-likeness (QED) is 0.772. The standard InChI is InChI=1S/C16H22N2O5S/c1-3-4-5-14(16(20)21)17-24(22,23)13-6-7-15-12(10-13)8-9-18(15)11(2)19/h6-7,10,14,17H,3-5,8-9H2,1-2H3,(H,20,21). The fourth-order valence-corrected chi connectivity index (χ4v) is 4.04. The average Bonchev–Trinajstić information content (AvgIpc) is 2.94. The number of carboxylic acid groups (broad SMARTS) is 1. The second kappa shape index (κ2) is 7.31. The predicted molar refractivity (Wildman–Crippen MR) is 89.4 cm³/mol. The normalized spacial score (nSPS) is 15.2. The van der Waals surface area contributed by atoms with Crippen molar-refractivity contribution in [2.45, 2.75) is 50.5 Å². The minimum atomic E-state index is -3.93. The summed E-state index contributed by atoms with van der Waals surface area (Å²) in [5.41, 5.74) is 1.48. The van der Waals surface area contributed by atoms with Crippen molar-refractivity contribution < 1.29 is 23.1 Å². The van der Waals surface area contributed by atoms with Crippen LogP contribution in [0.15, 0.2) is 23.1 Å². The first-order valence-corrected chi connectivity index (χ1v) is 9.40. The van der Waals surface area contributed by atoms with E-state index in [4.69, 9.17) is 0 Å². The SMILES string of the molecule is CCCCC(NS(=O)(=O)c1ccc2c(c1)CCN2C(C)=O)C(=O)O. The number of aliphatic carboxylic acids is 1. The summed E-state index contributed by atoms with van der Waals surface area (Å²) in [6.07, 6.45) is 2.23. The monoisotopic (exact) mass is 354 g/mol. The minimum absolute atomic E-state index is 0.0226. The highest BCUT2D eigenvalue weighted by Crippen LogP contribution is 2.30. The Morgan fingerprint density at radius 3 is 2.67 bits per heavy atom. The third-order valence-corrected chi connectivity index (χ3v) is 5.55. The number of unbranched alkanes of at least 4 members (excludes halogenated alkanes) is 1. The van der Waals surface area contributed by atoms with E-state index in [0.717, 1.165) is 12.0 Å². The molecule has 0 fully saturated rings. The number of carbonyl (C=O) groups is 2. The van der Waals surface area contributed by atoms with Crippen LogP contribution in [-0.4, -0.2) is 38.0 Å². The van der Waals surface area contributed by atoms with Gasteiger partial charge in [0, 0.05) is 19.2 Å². The molecule has 2 rings (SSSR count). The molecule has 1 heterocycles. The van der Waals surface area contributed by atoms with Crippen molar-refractivity contribution >= 4 is 27.6 Å². The van der Waals surface area contributed by atoms with Crippen LogP contribution < -0.4 is 9.62 Å². The lowest BCUT2D eigenvalue weighted by Gasteiger charge is -2.16. The van der Waals surface area contributed by atoms with Crippen LogP contribution in [-0.2, 0) is 26.0 Å². The number of benzene rings is 1. The Morgan fingerprint density at radius 1 is 1.38 bits per heavy atom. The van der Waals surface area contributed by atoms with E-state index in [1.165, 1.54) is 19.1 Å². The summed E-state index contributed by atoms with van der Waals surface area (Å²) in [6.45, 7) is 3.90. The Morgan fingerprint density at radius 2 is 2.08 bits per heavy atom. The second-order valence-electron chi connectivity index (χ2n) is 5.87. The molecule has 0 radical (unpaired) electrons. The van der Waals surface area contributed by atoms with Gasteiger partial charge >= 0.3 is 5.97 Å². The maximum absolute atomic E-state index is 12.5. The van der Waals surface area contributed by atoms with E-state index in [1.54, 1.807) is 11.0 Å². The van der Waals surface area contributed by atoms with E-state index < -0.39 is 22.0 Å². The molecule has 24 heavy (non-hydrogen) atoms. The number of hydrogen-bond acceptors (Lipinski definition) is 4. The molecule has 1 atom stereocenters. The molecule has 0 aliphatic carbocycles. The van der Waals surface area contributed by atoms with Crippen molar-refractivity contribution in [2.75, 3.05) is 11.4 Å². The number of anilines is 1. The zero-order chi connectivity index (χ0) is 17.9. The van der Waals surface area contributed by atoms with E-state index in [1.807, 2.05) is 6.92 Å². The van der Waals surface area contributed by atoms with E-state index in [9.17, 15) is 23.1 Å². The molecular weight excluding hydrogens is 332 g/mol. The number of hydrogen-bond donors (Lipinski definition) is 2. The number of carbonyl (C=O) groups excluding carboxylic acids is 1. The fraction of sp³-hybridized carbons (Fsp3) is 0.500. The van der Waals surface area contributed by atoms with E-state index in [-0.39, 0.29) is 17.2 Å². The number of sulfonamides is 1. The Balaban J connectivity index is 2.24. The molecule has 1 amide bonds. The van der Waals surface area contributed by atoms with Crippen molar-refractivity contribution in [3.05, 3.63) is 23.8 Å². The lowest BCUT2D eigenvalue weighted by molar-refractivity contribution is -0.139. The molecule has 0 aromatic heterocycles. The Bertz CT molecular complexity index is 745. The molecule has 0 bridgehead atoms. The summed E-state index contributed by atoms with van der Waals surface area (Å²) in [5, 5.41) is 9.19. The highest BCUT2D eigenvalue weighted by Gasteiger charge is 2.28.